The van der Waals surface area contributed by atoms with E-state index in [0.717, 1.165) is 24.4 Å². The Morgan fingerprint density at radius 3 is 2.58 bits per heavy atom. The van der Waals surface area contributed by atoms with Gasteiger partial charge in [-0.05, 0) is 12.0 Å². The molecule has 3 aliphatic heterocycles. The Hall–Kier alpha value is -3.14. The average molecular weight is 457 g/mol. The van der Waals surface area contributed by atoms with Gasteiger partial charge in [0.2, 0.25) is 0 Å². The molecule has 2 fully saturated rings. The van der Waals surface area contributed by atoms with Crippen LogP contribution >= 0.6 is 0 Å². The van der Waals surface area contributed by atoms with E-state index >= 15 is 0 Å². The van der Waals surface area contributed by atoms with Gasteiger partial charge in [0, 0.05) is 39.8 Å². The van der Waals surface area contributed by atoms with E-state index in [9.17, 15) is 14.4 Å². The number of likely N-dealkylation sites (N-methyl/N-ethyl adjacent to an activating group) is 1. The van der Waals surface area contributed by atoms with Crippen LogP contribution in [0.2, 0.25) is 0 Å². The molecule has 2 saturated heterocycles. The van der Waals surface area contributed by atoms with E-state index in [4.69, 9.17) is 9.73 Å². The molecule has 1 aromatic carbocycles. The van der Waals surface area contributed by atoms with Gasteiger partial charge in [-0.1, -0.05) is 43.7 Å². The van der Waals surface area contributed by atoms with Crippen molar-refractivity contribution in [1.82, 2.24) is 24.9 Å². The molecule has 178 valence electrons. The van der Waals surface area contributed by atoms with Gasteiger partial charge in [-0.15, -0.1) is 0 Å². The number of imide groups is 1. The van der Waals surface area contributed by atoms with E-state index in [1.165, 1.54) is 4.90 Å². The Kier molecular flexibility index (Phi) is 7.12. The molecule has 2 atom stereocenters. The molecule has 3 amide bonds. The number of piperazine rings is 1. The fraction of sp³-hybridized carbons (Fsp3) is 0.565. The molecule has 0 saturated carbocycles. The maximum absolute atomic E-state index is 12.6. The summed E-state index contributed by atoms with van der Waals surface area (Å²) in [5.74, 6) is 0.233. The van der Waals surface area contributed by atoms with Crippen LogP contribution in [0.3, 0.4) is 0 Å². The number of fused-ring (bicyclic) bond motifs is 1. The van der Waals surface area contributed by atoms with E-state index in [-0.39, 0.29) is 25.0 Å². The van der Waals surface area contributed by atoms with Crippen molar-refractivity contribution in [3.63, 3.8) is 0 Å². The molecule has 2 unspecified atom stereocenters. The minimum Gasteiger partial charge on any atom is -0.460 e. The summed E-state index contributed by atoms with van der Waals surface area (Å²) in [6, 6.07) is 8.72. The Morgan fingerprint density at radius 1 is 1.15 bits per heavy atom. The standard InChI is InChI=1S/C23H32N6O4/c1-3-4-10-29-19-20(26(2)23(32)25-21(19)31)24-22(29)28-13-11-27(12-14-28)15-18(30)33-16-17-8-6-5-7-9-17/h5-9,19-20H,3-4,10-16H2,1-2H3,(H,25,31,32). The highest BCUT2D eigenvalue weighted by Crippen LogP contribution is 2.26. The van der Waals surface area contributed by atoms with Gasteiger partial charge in [-0.3, -0.25) is 19.8 Å². The highest BCUT2D eigenvalue weighted by molar-refractivity contribution is 6.03. The first-order valence-electron chi connectivity index (χ1n) is 11.6. The quantitative estimate of drug-likeness (QED) is 0.603. The Morgan fingerprint density at radius 2 is 1.88 bits per heavy atom. The molecule has 0 radical (unpaired) electrons. The number of unbranched alkanes of at least 4 members (excludes halogenated alkanes) is 1. The summed E-state index contributed by atoms with van der Waals surface area (Å²) < 4.78 is 5.41. The molecule has 0 spiro atoms. The summed E-state index contributed by atoms with van der Waals surface area (Å²) in [7, 11) is 1.67. The number of nitrogens with one attached hydrogen (secondary N) is 1. The number of urea groups is 1. The summed E-state index contributed by atoms with van der Waals surface area (Å²) in [4.78, 5) is 49.5. The number of aliphatic imine (C=N–C) groups is 1. The lowest BCUT2D eigenvalue weighted by Gasteiger charge is -2.40. The number of esters is 1. The lowest BCUT2D eigenvalue weighted by atomic mass is 10.1. The summed E-state index contributed by atoms with van der Waals surface area (Å²) in [5, 5.41) is 2.44. The van der Waals surface area contributed by atoms with Gasteiger partial charge in [0.1, 0.15) is 6.61 Å². The minimum absolute atomic E-state index is 0.238. The maximum atomic E-state index is 12.6. The summed E-state index contributed by atoms with van der Waals surface area (Å²) >= 11 is 0. The molecular formula is C23H32N6O4. The van der Waals surface area contributed by atoms with Crippen molar-refractivity contribution in [3.8, 4) is 0 Å². The zero-order valence-corrected chi connectivity index (χ0v) is 19.3. The van der Waals surface area contributed by atoms with Crippen molar-refractivity contribution in [1.29, 1.82) is 0 Å². The van der Waals surface area contributed by atoms with Gasteiger partial charge in [-0.2, -0.15) is 0 Å². The van der Waals surface area contributed by atoms with Crippen LogP contribution in [-0.2, 0) is 20.9 Å². The normalized spacial score (nSPS) is 23.3. The van der Waals surface area contributed by atoms with E-state index in [2.05, 4.69) is 22.0 Å². The Balaban J connectivity index is 1.34. The van der Waals surface area contributed by atoms with Crippen LogP contribution in [0.5, 0.6) is 0 Å². The van der Waals surface area contributed by atoms with Gasteiger partial charge < -0.3 is 19.4 Å². The molecule has 10 nitrogen and oxygen atoms in total. The fourth-order valence-corrected chi connectivity index (χ4v) is 4.41. The molecular weight excluding hydrogens is 424 g/mol. The molecule has 0 aliphatic carbocycles. The number of hydrogen-bond acceptors (Lipinski definition) is 8. The second-order valence-corrected chi connectivity index (χ2v) is 8.65. The molecule has 10 heteroatoms. The number of carbonyl (C=O) groups excluding carboxylic acids is 3. The van der Waals surface area contributed by atoms with Gasteiger partial charge >= 0.3 is 12.0 Å². The maximum Gasteiger partial charge on any atom is 0.325 e. The minimum atomic E-state index is -0.510. The third kappa shape index (κ3) is 5.11. The molecule has 0 aromatic heterocycles. The average Bonchev–Trinajstić information content (AvgIpc) is 3.21. The van der Waals surface area contributed by atoms with Gasteiger partial charge in [0.15, 0.2) is 18.2 Å². The van der Waals surface area contributed by atoms with Crippen molar-refractivity contribution >= 4 is 23.9 Å². The van der Waals surface area contributed by atoms with Crippen LogP contribution in [0.4, 0.5) is 4.79 Å². The van der Waals surface area contributed by atoms with E-state index < -0.39 is 18.2 Å². The second kappa shape index (κ2) is 10.2. The molecule has 1 N–H and O–H groups in total. The summed E-state index contributed by atoms with van der Waals surface area (Å²) in [5.41, 5.74) is 0.969. The highest BCUT2D eigenvalue weighted by Gasteiger charge is 2.49. The predicted molar refractivity (Wildman–Crippen MR) is 122 cm³/mol. The zero-order chi connectivity index (χ0) is 23.4. The van der Waals surface area contributed by atoms with E-state index in [1.54, 1.807) is 7.05 Å². The number of benzene rings is 1. The largest absolute Gasteiger partial charge is 0.460 e. The first-order chi connectivity index (χ1) is 16.0. The fourth-order valence-electron chi connectivity index (χ4n) is 4.41. The smallest absolute Gasteiger partial charge is 0.325 e. The first-order valence-corrected chi connectivity index (χ1v) is 11.6. The lowest BCUT2D eigenvalue weighted by Crippen LogP contribution is -2.64. The second-order valence-electron chi connectivity index (χ2n) is 8.65. The first kappa shape index (κ1) is 23.0. The number of nitrogens with zero attached hydrogens (tertiary/aromatic N) is 5. The van der Waals surface area contributed by atoms with E-state index in [0.29, 0.717) is 32.7 Å². The van der Waals surface area contributed by atoms with Crippen LogP contribution in [0.15, 0.2) is 35.3 Å². The number of carbonyl (C=O) groups is 3. The third-order valence-corrected chi connectivity index (χ3v) is 6.34. The van der Waals surface area contributed by atoms with Crippen LogP contribution in [0.1, 0.15) is 25.3 Å². The third-order valence-electron chi connectivity index (χ3n) is 6.34. The van der Waals surface area contributed by atoms with Crippen molar-refractivity contribution in [2.45, 2.75) is 38.6 Å². The lowest BCUT2D eigenvalue weighted by molar-refractivity contribution is -0.146. The predicted octanol–water partition coefficient (Wildman–Crippen LogP) is 0.695. The van der Waals surface area contributed by atoms with Gasteiger partial charge in [0.05, 0.1) is 6.54 Å². The molecule has 1 aromatic rings. The van der Waals surface area contributed by atoms with Crippen molar-refractivity contribution in [2.24, 2.45) is 4.99 Å². The van der Waals surface area contributed by atoms with Crippen LogP contribution in [0, 0.1) is 0 Å². The molecule has 4 rings (SSSR count). The number of guanidine groups is 1. The SMILES string of the molecule is CCCCN1C(N2CCN(CC(=O)OCc3ccccc3)CC2)=NC2C1C(=O)NC(=O)N2C. The van der Waals surface area contributed by atoms with Gasteiger partial charge in [0.25, 0.3) is 5.91 Å². The molecule has 33 heavy (non-hydrogen) atoms. The summed E-state index contributed by atoms with van der Waals surface area (Å²) in [6.45, 7) is 6.10. The number of ether oxygens (including phenoxy) is 1. The molecule has 3 heterocycles. The number of hydrogen-bond donors (Lipinski definition) is 1. The monoisotopic (exact) mass is 456 g/mol. The van der Waals surface area contributed by atoms with Gasteiger partial charge in [-0.25, -0.2) is 9.79 Å². The molecule has 0 bridgehead atoms. The van der Waals surface area contributed by atoms with Crippen molar-refractivity contribution < 1.29 is 19.1 Å². The van der Waals surface area contributed by atoms with Crippen LogP contribution < -0.4 is 5.32 Å². The topological polar surface area (TPSA) is 97.8 Å². The highest BCUT2D eigenvalue weighted by atomic mass is 16.5. The Bertz CT molecular complexity index is 899. The van der Waals surface area contributed by atoms with Crippen molar-refractivity contribution in [2.75, 3.05) is 46.3 Å². The summed E-state index contributed by atoms with van der Waals surface area (Å²) in [6.07, 6.45) is 1.42. The number of rotatable bonds is 7. The molecule has 3 aliphatic rings. The Labute approximate surface area is 194 Å². The zero-order valence-electron chi connectivity index (χ0n) is 19.3. The van der Waals surface area contributed by atoms with E-state index in [1.807, 2.05) is 35.2 Å². The number of amides is 3. The van der Waals surface area contributed by atoms with Crippen LogP contribution in [0.25, 0.3) is 0 Å². The van der Waals surface area contributed by atoms with Crippen LogP contribution in [-0.4, -0.2) is 102 Å². The van der Waals surface area contributed by atoms with Crippen molar-refractivity contribution in [3.05, 3.63) is 35.9 Å².